The van der Waals surface area contributed by atoms with Gasteiger partial charge in [0.25, 0.3) is 5.91 Å². The average Bonchev–Trinajstić information content (AvgIpc) is 2.79. The van der Waals surface area contributed by atoms with Gasteiger partial charge in [-0.25, -0.2) is 4.79 Å². The van der Waals surface area contributed by atoms with Crippen molar-refractivity contribution in [3.05, 3.63) is 35.9 Å². The Labute approximate surface area is 121 Å². The molecule has 0 aromatic heterocycles. The summed E-state index contributed by atoms with van der Waals surface area (Å²) in [4.78, 5) is 35.4. The Balaban J connectivity index is 1.88. The van der Waals surface area contributed by atoms with Gasteiger partial charge in [-0.05, 0) is 12.0 Å². The fourth-order valence-electron chi connectivity index (χ4n) is 2.09. The van der Waals surface area contributed by atoms with Crippen LogP contribution >= 0.6 is 0 Å². The summed E-state index contributed by atoms with van der Waals surface area (Å²) < 4.78 is 0. The Hall–Kier alpha value is -2.41. The molecule has 112 valence electrons. The van der Waals surface area contributed by atoms with Gasteiger partial charge in [0.1, 0.15) is 6.54 Å². The van der Waals surface area contributed by atoms with Crippen LogP contribution < -0.4 is 10.6 Å². The number of amides is 4. The van der Waals surface area contributed by atoms with Gasteiger partial charge in [-0.3, -0.25) is 14.5 Å². The molecule has 1 aromatic rings. The third-order valence-corrected chi connectivity index (χ3v) is 3.15. The molecule has 0 radical (unpaired) electrons. The van der Waals surface area contributed by atoms with Crippen LogP contribution in [0.15, 0.2) is 30.3 Å². The molecule has 2 rings (SSSR count). The third-order valence-electron chi connectivity index (χ3n) is 3.15. The molecule has 1 aromatic carbocycles. The molecule has 1 heterocycles. The normalized spacial score (nSPS) is 15.8. The van der Waals surface area contributed by atoms with Gasteiger partial charge in [0.2, 0.25) is 5.91 Å². The van der Waals surface area contributed by atoms with Gasteiger partial charge in [0.15, 0.2) is 0 Å². The monoisotopic (exact) mass is 291 g/mol. The number of benzene rings is 1. The second-order valence-corrected chi connectivity index (χ2v) is 4.78. The lowest BCUT2D eigenvalue weighted by Crippen LogP contribution is -2.46. The number of rotatable bonds is 6. The number of urea groups is 1. The summed E-state index contributed by atoms with van der Waals surface area (Å²) in [7, 11) is 0. The number of nitrogens with one attached hydrogen (secondary N) is 2. The Kier molecular flexibility index (Phi) is 4.89. The largest absolute Gasteiger partial charge is 0.394 e. The van der Waals surface area contributed by atoms with Gasteiger partial charge in [-0.1, -0.05) is 30.3 Å². The van der Waals surface area contributed by atoms with Crippen molar-refractivity contribution in [1.82, 2.24) is 15.5 Å². The molecule has 1 saturated heterocycles. The zero-order chi connectivity index (χ0) is 15.2. The molecular weight excluding hydrogens is 274 g/mol. The molecule has 0 unspecified atom stereocenters. The number of nitrogens with zero attached hydrogens (tertiary/aromatic N) is 1. The minimum absolute atomic E-state index is 0.0838. The zero-order valence-corrected chi connectivity index (χ0v) is 11.4. The minimum atomic E-state index is -0.571. The Bertz CT molecular complexity index is 516. The Morgan fingerprint density at radius 1 is 1.33 bits per heavy atom. The van der Waals surface area contributed by atoms with Gasteiger partial charge < -0.3 is 15.7 Å². The van der Waals surface area contributed by atoms with Crippen molar-refractivity contribution in [2.24, 2.45) is 0 Å². The van der Waals surface area contributed by atoms with E-state index in [1.807, 2.05) is 30.3 Å². The molecular formula is C14H17N3O4. The van der Waals surface area contributed by atoms with E-state index in [0.717, 1.165) is 10.5 Å². The molecule has 21 heavy (non-hydrogen) atoms. The van der Waals surface area contributed by atoms with E-state index in [-0.39, 0.29) is 19.7 Å². The molecule has 3 N–H and O–H groups in total. The highest BCUT2D eigenvalue weighted by Gasteiger charge is 2.30. The molecule has 0 spiro atoms. The van der Waals surface area contributed by atoms with Crippen LogP contribution in [0.25, 0.3) is 0 Å². The van der Waals surface area contributed by atoms with E-state index >= 15 is 0 Å². The maximum atomic E-state index is 11.9. The van der Waals surface area contributed by atoms with Crippen LogP contribution in [0.4, 0.5) is 4.79 Å². The summed E-state index contributed by atoms with van der Waals surface area (Å²) in [6.45, 7) is -0.643. The molecule has 1 aliphatic rings. The minimum Gasteiger partial charge on any atom is -0.394 e. The first-order valence-corrected chi connectivity index (χ1v) is 6.62. The number of carbonyl (C=O) groups excluding carboxylic acids is 3. The van der Waals surface area contributed by atoms with Crippen molar-refractivity contribution in [2.75, 3.05) is 19.7 Å². The molecule has 0 saturated carbocycles. The molecule has 4 amide bonds. The zero-order valence-electron chi connectivity index (χ0n) is 11.4. The predicted molar refractivity (Wildman–Crippen MR) is 74.3 cm³/mol. The summed E-state index contributed by atoms with van der Waals surface area (Å²) in [5.41, 5.74) is 0.979. The van der Waals surface area contributed by atoms with E-state index in [9.17, 15) is 19.5 Å². The molecule has 1 atom stereocenters. The van der Waals surface area contributed by atoms with E-state index in [2.05, 4.69) is 10.6 Å². The Morgan fingerprint density at radius 2 is 2.05 bits per heavy atom. The number of aliphatic hydroxyl groups is 1. The predicted octanol–water partition coefficient (Wildman–Crippen LogP) is -0.742. The maximum Gasteiger partial charge on any atom is 0.325 e. The first kappa shape index (κ1) is 15.0. The van der Waals surface area contributed by atoms with Crippen LogP contribution in [-0.4, -0.2) is 53.6 Å². The van der Waals surface area contributed by atoms with Gasteiger partial charge in [-0.2, -0.15) is 0 Å². The quantitative estimate of drug-likeness (QED) is 0.601. The first-order chi connectivity index (χ1) is 10.1. The molecule has 0 bridgehead atoms. The van der Waals surface area contributed by atoms with Crippen molar-refractivity contribution < 1.29 is 19.5 Å². The number of carbonyl (C=O) groups is 3. The summed E-state index contributed by atoms with van der Waals surface area (Å²) in [6, 6.07) is 8.39. The van der Waals surface area contributed by atoms with Gasteiger partial charge in [-0.15, -0.1) is 0 Å². The van der Waals surface area contributed by atoms with Crippen molar-refractivity contribution in [3.8, 4) is 0 Å². The van der Waals surface area contributed by atoms with Crippen LogP contribution in [0.1, 0.15) is 5.56 Å². The van der Waals surface area contributed by atoms with Crippen molar-refractivity contribution >= 4 is 17.8 Å². The van der Waals surface area contributed by atoms with Gasteiger partial charge in [0, 0.05) is 0 Å². The second-order valence-electron chi connectivity index (χ2n) is 4.78. The lowest BCUT2D eigenvalue weighted by atomic mass is 10.1. The summed E-state index contributed by atoms with van der Waals surface area (Å²) in [5.74, 6) is -0.908. The summed E-state index contributed by atoms with van der Waals surface area (Å²) in [6.07, 6.45) is 0.475. The highest BCUT2D eigenvalue weighted by molar-refractivity contribution is 6.04. The van der Waals surface area contributed by atoms with Crippen LogP contribution in [0, 0.1) is 0 Å². The van der Waals surface area contributed by atoms with E-state index in [1.165, 1.54) is 0 Å². The molecule has 1 fully saturated rings. The smallest absolute Gasteiger partial charge is 0.325 e. The molecule has 7 nitrogen and oxygen atoms in total. The number of hydrogen-bond acceptors (Lipinski definition) is 4. The van der Waals surface area contributed by atoms with Gasteiger partial charge >= 0.3 is 6.03 Å². The van der Waals surface area contributed by atoms with Crippen molar-refractivity contribution in [2.45, 2.75) is 12.5 Å². The molecule has 0 aliphatic carbocycles. The lowest BCUT2D eigenvalue weighted by molar-refractivity contribution is -0.131. The van der Waals surface area contributed by atoms with Crippen LogP contribution in [0.2, 0.25) is 0 Å². The van der Waals surface area contributed by atoms with E-state index in [4.69, 9.17) is 0 Å². The average molecular weight is 291 g/mol. The van der Waals surface area contributed by atoms with Crippen LogP contribution in [0.5, 0.6) is 0 Å². The van der Waals surface area contributed by atoms with Crippen molar-refractivity contribution in [1.29, 1.82) is 0 Å². The standard InChI is InChI=1S/C14H17N3O4/c18-9-11(6-10-4-2-1-3-5-10)16-12(19)8-17-13(20)7-15-14(17)21/h1-5,11,18H,6-9H2,(H,15,21)(H,16,19)/t11-/m0/s1. The number of hydrogen-bond donors (Lipinski definition) is 3. The van der Waals surface area contributed by atoms with Gasteiger partial charge in [0.05, 0.1) is 19.2 Å². The van der Waals surface area contributed by atoms with E-state index in [0.29, 0.717) is 6.42 Å². The fraction of sp³-hybridized carbons (Fsp3) is 0.357. The maximum absolute atomic E-state index is 11.9. The highest BCUT2D eigenvalue weighted by Crippen LogP contribution is 2.03. The summed E-state index contributed by atoms with van der Waals surface area (Å²) >= 11 is 0. The van der Waals surface area contributed by atoms with Crippen LogP contribution in [-0.2, 0) is 16.0 Å². The SMILES string of the molecule is O=C(CN1C(=O)CNC1=O)N[C@H](CO)Cc1ccccc1. The van der Waals surface area contributed by atoms with Crippen LogP contribution in [0.3, 0.4) is 0 Å². The topological polar surface area (TPSA) is 98.7 Å². The summed E-state index contributed by atoms with van der Waals surface area (Å²) in [5, 5.41) is 14.3. The third kappa shape index (κ3) is 4.03. The number of imide groups is 1. The molecule has 1 aliphatic heterocycles. The van der Waals surface area contributed by atoms with Crippen molar-refractivity contribution in [3.63, 3.8) is 0 Å². The highest BCUT2D eigenvalue weighted by atomic mass is 16.3. The first-order valence-electron chi connectivity index (χ1n) is 6.62. The number of aliphatic hydroxyl groups excluding tert-OH is 1. The van der Waals surface area contributed by atoms with E-state index in [1.54, 1.807) is 0 Å². The van der Waals surface area contributed by atoms with E-state index < -0.39 is 23.9 Å². The molecule has 7 heteroatoms. The fourth-order valence-corrected chi connectivity index (χ4v) is 2.09. The lowest BCUT2D eigenvalue weighted by Gasteiger charge is -2.18. The Morgan fingerprint density at radius 3 is 2.62 bits per heavy atom. The second kappa shape index (κ2) is 6.85.